The van der Waals surface area contributed by atoms with E-state index in [1.165, 1.54) is 35.0 Å². The van der Waals surface area contributed by atoms with Gasteiger partial charge in [-0.05, 0) is 55.5 Å². The highest BCUT2D eigenvalue weighted by atomic mass is 32.2. The van der Waals surface area contributed by atoms with Crippen molar-refractivity contribution in [3.8, 4) is 5.75 Å². The molecule has 33 heavy (non-hydrogen) atoms. The summed E-state index contributed by atoms with van der Waals surface area (Å²) in [6, 6.07) is 6.17. The number of hydrogen-bond donors (Lipinski definition) is 2. The van der Waals surface area contributed by atoms with E-state index in [4.69, 9.17) is 4.74 Å². The van der Waals surface area contributed by atoms with E-state index in [0.717, 1.165) is 32.4 Å². The molecule has 1 aliphatic heterocycles. The minimum Gasteiger partial charge on any atom is -0.493 e. The third-order valence-corrected chi connectivity index (χ3v) is 7.22. The lowest BCUT2D eigenvalue weighted by Crippen LogP contribution is -2.16. The largest absolute Gasteiger partial charge is 0.493 e. The van der Waals surface area contributed by atoms with Crippen LogP contribution in [0.15, 0.2) is 79.3 Å². The Balaban J connectivity index is 1.65. The van der Waals surface area contributed by atoms with E-state index in [1.54, 1.807) is 18.0 Å². The van der Waals surface area contributed by atoms with E-state index in [0.29, 0.717) is 22.5 Å². The number of carbonyl (C=O) groups excluding carboxylic acids is 1. The number of thiazole rings is 1. The second-order valence-corrected chi connectivity index (χ2v) is 10.6. The number of aromatic nitrogens is 4. The highest BCUT2D eigenvalue weighted by Gasteiger charge is 2.20. The molecule has 0 radical (unpaired) electrons. The van der Waals surface area contributed by atoms with Crippen LogP contribution in [0, 0.1) is 0 Å². The van der Waals surface area contributed by atoms with Crippen molar-refractivity contribution in [2.45, 2.75) is 37.2 Å². The number of ether oxygens (including phenoxy) is 1. The number of rotatable bonds is 8. The normalized spacial score (nSPS) is 13.4. The molecule has 0 unspecified atom stereocenters. The summed E-state index contributed by atoms with van der Waals surface area (Å²) in [4.78, 5) is 24.5. The zero-order valence-corrected chi connectivity index (χ0v) is 20.9. The molecule has 3 aromatic rings. The molecular weight excluding hydrogens is 474 g/mol. The van der Waals surface area contributed by atoms with Gasteiger partial charge in [-0.2, -0.15) is 5.10 Å². The van der Waals surface area contributed by atoms with Crippen LogP contribution < -0.4 is 10.1 Å². The topological polar surface area (TPSA) is 92.8 Å². The Morgan fingerprint density at radius 1 is 1.21 bits per heavy atom. The standard InChI is InChI=1S/C23H23N5O2S3/c1-14(2)20(21(29)27-22-24-9-11-31-22)19(7-4-15(3)32-23-25-13-26-28-23)33-17-5-6-18-16(12-17)8-10-30-18/h4-7,9,11-13H,8,10H2,1-3H3,(H,24,27,29)(H,25,26,28)/b15-4+,19-7+. The Kier molecular flexibility index (Phi) is 7.69. The maximum absolute atomic E-state index is 13.2. The number of amides is 1. The van der Waals surface area contributed by atoms with Crippen LogP contribution in [-0.2, 0) is 11.2 Å². The van der Waals surface area contributed by atoms with Crippen molar-refractivity contribution in [1.82, 2.24) is 20.2 Å². The van der Waals surface area contributed by atoms with Crippen LogP contribution in [0.2, 0.25) is 0 Å². The van der Waals surface area contributed by atoms with Crippen LogP contribution in [-0.4, -0.2) is 32.7 Å². The molecule has 0 aliphatic carbocycles. The lowest BCUT2D eigenvalue weighted by atomic mass is 10.1. The second-order valence-electron chi connectivity index (χ2n) is 7.34. The molecule has 170 valence electrons. The van der Waals surface area contributed by atoms with Crippen LogP contribution in [0.1, 0.15) is 26.3 Å². The number of nitrogens with one attached hydrogen (secondary N) is 2. The summed E-state index contributed by atoms with van der Waals surface area (Å²) in [5, 5.41) is 12.8. The molecule has 2 aromatic heterocycles. The summed E-state index contributed by atoms with van der Waals surface area (Å²) in [6.07, 6.45) is 8.03. The number of fused-ring (bicyclic) bond motifs is 1. The van der Waals surface area contributed by atoms with Gasteiger partial charge in [0, 0.05) is 27.8 Å². The first-order valence-corrected chi connectivity index (χ1v) is 12.7. The molecule has 0 atom stereocenters. The molecule has 0 spiro atoms. The molecule has 0 bridgehead atoms. The molecule has 0 saturated carbocycles. The smallest absolute Gasteiger partial charge is 0.258 e. The number of carbonyl (C=O) groups is 1. The Hall–Kier alpha value is -2.82. The predicted molar refractivity (Wildman–Crippen MR) is 135 cm³/mol. The SMILES string of the molecule is CC(C)=C(C(=O)Nc1nccs1)/C(=C\C=C(/C)Sc1ncn[nH]1)Sc1ccc2c(c1)CCO2. The van der Waals surface area contributed by atoms with Gasteiger partial charge in [0.2, 0.25) is 0 Å². The van der Waals surface area contributed by atoms with Gasteiger partial charge >= 0.3 is 0 Å². The monoisotopic (exact) mass is 497 g/mol. The van der Waals surface area contributed by atoms with E-state index in [1.807, 2.05) is 50.4 Å². The third kappa shape index (κ3) is 6.16. The number of anilines is 1. The first-order chi connectivity index (χ1) is 16.0. The minimum absolute atomic E-state index is 0.179. The molecule has 0 saturated heterocycles. The fourth-order valence-electron chi connectivity index (χ4n) is 3.17. The maximum Gasteiger partial charge on any atom is 0.258 e. The van der Waals surface area contributed by atoms with Crippen molar-refractivity contribution in [1.29, 1.82) is 0 Å². The third-order valence-electron chi connectivity index (χ3n) is 4.63. The molecule has 0 fully saturated rings. The van der Waals surface area contributed by atoms with Crippen molar-refractivity contribution in [2.75, 3.05) is 11.9 Å². The highest BCUT2D eigenvalue weighted by molar-refractivity contribution is 8.03. The fraction of sp³-hybridized carbons (Fsp3) is 0.217. The number of H-pyrrole nitrogens is 1. The number of benzene rings is 1. The van der Waals surface area contributed by atoms with Gasteiger partial charge in [-0.3, -0.25) is 15.2 Å². The maximum atomic E-state index is 13.2. The van der Waals surface area contributed by atoms with Crippen LogP contribution in [0.25, 0.3) is 0 Å². The fourth-order valence-corrected chi connectivity index (χ4v) is 5.46. The van der Waals surface area contributed by atoms with Gasteiger partial charge in [0.25, 0.3) is 5.91 Å². The Labute approximate surface area is 204 Å². The van der Waals surface area contributed by atoms with Crippen LogP contribution >= 0.6 is 34.9 Å². The van der Waals surface area contributed by atoms with Crippen molar-refractivity contribution < 1.29 is 9.53 Å². The Morgan fingerprint density at radius 3 is 2.82 bits per heavy atom. The van der Waals surface area contributed by atoms with Crippen molar-refractivity contribution in [3.05, 3.63) is 74.8 Å². The minimum atomic E-state index is -0.179. The summed E-state index contributed by atoms with van der Waals surface area (Å²) in [5.74, 6) is 0.759. The highest BCUT2D eigenvalue weighted by Crippen LogP contribution is 2.38. The number of aromatic amines is 1. The Bertz CT molecular complexity index is 1210. The molecule has 1 aromatic carbocycles. The van der Waals surface area contributed by atoms with E-state index in [-0.39, 0.29) is 5.91 Å². The average molecular weight is 498 g/mol. The number of thioether (sulfide) groups is 2. The molecule has 4 rings (SSSR count). The molecule has 1 aliphatic rings. The lowest BCUT2D eigenvalue weighted by Gasteiger charge is -2.14. The number of hydrogen-bond acceptors (Lipinski definition) is 8. The van der Waals surface area contributed by atoms with Gasteiger partial charge in [-0.25, -0.2) is 9.97 Å². The van der Waals surface area contributed by atoms with Crippen LogP contribution in [0.3, 0.4) is 0 Å². The number of nitrogens with zero attached hydrogens (tertiary/aromatic N) is 3. The quantitative estimate of drug-likeness (QED) is 0.229. The molecule has 7 nitrogen and oxygen atoms in total. The van der Waals surface area contributed by atoms with E-state index < -0.39 is 0 Å². The molecular formula is C23H23N5O2S3. The summed E-state index contributed by atoms with van der Waals surface area (Å²) in [7, 11) is 0. The molecule has 1 amide bonds. The van der Waals surface area contributed by atoms with E-state index in [9.17, 15) is 4.79 Å². The van der Waals surface area contributed by atoms with Crippen LogP contribution in [0.5, 0.6) is 5.75 Å². The first kappa shape index (κ1) is 23.3. The first-order valence-electron chi connectivity index (χ1n) is 10.2. The summed E-state index contributed by atoms with van der Waals surface area (Å²) in [6.45, 7) is 6.60. The zero-order valence-electron chi connectivity index (χ0n) is 18.4. The van der Waals surface area contributed by atoms with Crippen molar-refractivity contribution in [2.24, 2.45) is 0 Å². The van der Waals surface area contributed by atoms with E-state index in [2.05, 4.69) is 31.5 Å². The molecule has 10 heteroatoms. The second kappa shape index (κ2) is 10.9. The number of allylic oxidation sites excluding steroid dienone is 4. The van der Waals surface area contributed by atoms with E-state index >= 15 is 0 Å². The summed E-state index contributed by atoms with van der Waals surface area (Å²) in [5.41, 5.74) is 2.74. The van der Waals surface area contributed by atoms with Gasteiger partial charge < -0.3 is 4.74 Å². The van der Waals surface area contributed by atoms with Gasteiger partial charge in [0.1, 0.15) is 12.1 Å². The van der Waals surface area contributed by atoms with Gasteiger partial charge in [-0.1, -0.05) is 35.2 Å². The predicted octanol–water partition coefficient (Wildman–Crippen LogP) is 5.84. The zero-order chi connectivity index (χ0) is 23.2. The van der Waals surface area contributed by atoms with Crippen molar-refractivity contribution in [3.63, 3.8) is 0 Å². The average Bonchev–Trinajstić information content (AvgIpc) is 3.54. The Morgan fingerprint density at radius 2 is 2.09 bits per heavy atom. The van der Waals surface area contributed by atoms with Gasteiger partial charge in [0.15, 0.2) is 10.3 Å². The van der Waals surface area contributed by atoms with Crippen molar-refractivity contribution >= 4 is 45.9 Å². The van der Waals surface area contributed by atoms with Gasteiger partial charge in [0.05, 0.1) is 12.2 Å². The lowest BCUT2D eigenvalue weighted by molar-refractivity contribution is -0.112. The van der Waals surface area contributed by atoms with Crippen LogP contribution in [0.4, 0.5) is 5.13 Å². The van der Waals surface area contributed by atoms with Gasteiger partial charge in [-0.15, -0.1) is 11.3 Å². The molecule has 3 heterocycles. The summed E-state index contributed by atoms with van der Waals surface area (Å²) >= 11 is 4.44. The summed E-state index contributed by atoms with van der Waals surface area (Å²) < 4.78 is 5.64. The molecule has 2 N–H and O–H groups in total.